The summed E-state index contributed by atoms with van der Waals surface area (Å²) in [7, 11) is 0. The Morgan fingerprint density at radius 1 is 1.23 bits per heavy atom. The van der Waals surface area contributed by atoms with E-state index in [4.69, 9.17) is 16.3 Å². The third-order valence-corrected chi connectivity index (χ3v) is 5.69. The van der Waals surface area contributed by atoms with E-state index < -0.39 is 29.7 Å². The third kappa shape index (κ3) is 5.08. The minimum atomic E-state index is -4.49. The fourth-order valence-corrected chi connectivity index (χ4v) is 4.08. The maximum Gasteiger partial charge on any atom is 0.416 e. The lowest BCUT2D eigenvalue weighted by molar-refractivity contribution is -0.143. The molecule has 0 radical (unpaired) electrons. The summed E-state index contributed by atoms with van der Waals surface area (Å²) >= 11 is 6.37. The number of carbonyl (C=O) groups is 1. The number of carboxylic acids is 1. The van der Waals surface area contributed by atoms with Crippen molar-refractivity contribution in [3.8, 4) is 5.75 Å². The minimum absolute atomic E-state index is 0.232. The monoisotopic (exact) mass is 441 g/mol. The average Bonchev–Trinajstić information content (AvgIpc) is 2.70. The van der Waals surface area contributed by atoms with Gasteiger partial charge in [0.25, 0.3) is 0 Å². The third-order valence-electron chi connectivity index (χ3n) is 5.35. The summed E-state index contributed by atoms with van der Waals surface area (Å²) in [6.07, 6.45) is -3.64. The van der Waals surface area contributed by atoms with Gasteiger partial charge in [0.2, 0.25) is 0 Å². The fourth-order valence-electron chi connectivity index (χ4n) is 3.86. The molecule has 0 aromatic heterocycles. The Bertz CT molecular complexity index is 895. The molecule has 8 heteroatoms. The first-order chi connectivity index (χ1) is 14.2. The second kappa shape index (κ2) is 9.27. The predicted octanol–water partition coefficient (Wildman–Crippen LogP) is 5.64. The molecule has 1 aliphatic heterocycles. The molecule has 1 unspecified atom stereocenters. The molecule has 30 heavy (non-hydrogen) atoms. The van der Waals surface area contributed by atoms with E-state index >= 15 is 0 Å². The van der Waals surface area contributed by atoms with Crippen molar-refractivity contribution in [3.63, 3.8) is 0 Å². The lowest BCUT2D eigenvalue weighted by Gasteiger charge is -2.37. The van der Waals surface area contributed by atoms with Gasteiger partial charge in [-0.05, 0) is 74.3 Å². The van der Waals surface area contributed by atoms with E-state index in [-0.39, 0.29) is 5.02 Å². The maximum atomic E-state index is 13.4. The first-order valence-corrected chi connectivity index (χ1v) is 10.1. The van der Waals surface area contributed by atoms with Gasteiger partial charge in [0.05, 0.1) is 24.1 Å². The SMILES string of the molecule is CCOc1cccc(C(c2cc(C(F)(F)F)ccc2Cl)N2CCC(C(=O)O)CC2)c1. The van der Waals surface area contributed by atoms with Gasteiger partial charge in [-0.15, -0.1) is 0 Å². The number of hydrogen-bond donors (Lipinski definition) is 1. The van der Waals surface area contributed by atoms with Crippen LogP contribution in [0, 0.1) is 5.92 Å². The number of aliphatic carboxylic acids is 1. The number of halogens is 4. The largest absolute Gasteiger partial charge is 0.494 e. The molecule has 0 spiro atoms. The van der Waals surface area contributed by atoms with Crippen LogP contribution in [0.4, 0.5) is 13.2 Å². The molecular weight excluding hydrogens is 419 g/mol. The van der Waals surface area contributed by atoms with Gasteiger partial charge in [-0.3, -0.25) is 9.69 Å². The topological polar surface area (TPSA) is 49.8 Å². The highest BCUT2D eigenvalue weighted by atomic mass is 35.5. The Balaban J connectivity index is 2.05. The molecule has 4 nitrogen and oxygen atoms in total. The zero-order chi connectivity index (χ0) is 21.9. The number of carboxylic acid groups (broad SMARTS) is 1. The van der Waals surface area contributed by atoms with E-state index in [1.807, 2.05) is 17.9 Å². The molecule has 1 saturated heterocycles. The zero-order valence-electron chi connectivity index (χ0n) is 16.5. The molecule has 2 aromatic carbocycles. The van der Waals surface area contributed by atoms with Gasteiger partial charge in [-0.25, -0.2) is 0 Å². The molecule has 1 N–H and O–H groups in total. The molecule has 0 saturated carbocycles. The van der Waals surface area contributed by atoms with E-state index in [9.17, 15) is 23.1 Å². The van der Waals surface area contributed by atoms with Gasteiger partial charge in [-0.1, -0.05) is 23.7 Å². The molecule has 2 aromatic rings. The normalized spacial score (nSPS) is 17.0. The van der Waals surface area contributed by atoms with E-state index in [0.29, 0.717) is 43.9 Å². The van der Waals surface area contributed by atoms with Crippen LogP contribution in [-0.2, 0) is 11.0 Å². The van der Waals surface area contributed by atoms with Crippen molar-refractivity contribution in [2.24, 2.45) is 5.92 Å². The second-order valence-electron chi connectivity index (χ2n) is 7.29. The van der Waals surface area contributed by atoms with Gasteiger partial charge in [0, 0.05) is 5.02 Å². The Hall–Kier alpha value is -2.25. The average molecular weight is 442 g/mol. The van der Waals surface area contributed by atoms with Crippen LogP contribution < -0.4 is 4.74 Å². The van der Waals surface area contributed by atoms with E-state index in [1.165, 1.54) is 6.07 Å². The molecule has 1 atom stereocenters. The van der Waals surface area contributed by atoms with Crippen LogP contribution in [0.3, 0.4) is 0 Å². The molecule has 1 fully saturated rings. The fraction of sp³-hybridized carbons (Fsp3) is 0.409. The Labute approximate surface area is 178 Å². The summed E-state index contributed by atoms with van der Waals surface area (Å²) < 4.78 is 45.7. The number of rotatable bonds is 6. The molecule has 0 aliphatic carbocycles. The molecule has 0 bridgehead atoms. The van der Waals surface area contributed by atoms with Crippen LogP contribution in [0.25, 0.3) is 0 Å². The number of benzene rings is 2. The van der Waals surface area contributed by atoms with Crippen LogP contribution >= 0.6 is 11.6 Å². The lowest BCUT2D eigenvalue weighted by atomic mass is 9.90. The number of piperidine rings is 1. The smallest absolute Gasteiger partial charge is 0.416 e. The summed E-state index contributed by atoms with van der Waals surface area (Å²) in [4.78, 5) is 13.3. The summed E-state index contributed by atoms with van der Waals surface area (Å²) in [6.45, 7) is 3.19. The van der Waals surface area contributed by atoms with Crippen LogP contribution in [0.1, 0.15) is 42.5 Å². The molecular formula is C22H23ClF3NO3. The zero-order valence-corrected chi connectivity index (χ0v) is 17.2. The van der Waals surface area contributed by atoms with Gasteiger partial charge in [0.15, 0.2) is 0 Å². The number of nitrogens with zero attached hydrogens (tertiary/aromatic N) is 1. The van der Waals surface area contributed by atoms with Gasteiger partial charge in [-0.2, -0.15) is 13.2 Å². The van der Waals surface area contributed by atoms with Crippen LogP contribution in [0.15, 0.2) is 42.5 Å². The van der Waals surface area contributed by atoms with Gasteiger partial charge in [0.1, 0.15) is 5.75 Å². The molecule has 1 heterocycles. The van der Waals surface area contributed by atoms with E-state index in [0.717, 1.165) is 17.7 Å². The quantitative estimate of drug-likeness (QED) is 0.630. The van der Waals surface area contributed by atoms with Crippen molar-refractivity contribution in [1.82, 2.24) is 4.90 Å². The van der Waals surface area contributed by atoms with Crippen molar-refractivity contribution >= 4 is 17.6 Å². The van der Waals surface area contributed by atoms with Gasteiger partial charge < -0.3 is 9.84 Å². The highest BCUT2D eigenvalue weighted by molar-refractivity contribution is 6.31. The van der Waals surface area contributed by atoms with Crippen LogP contribution in [-0.4, -0.2) is 35.7 Å². The van der Waals surface area contributed by atoms with Crippen molar-refractivity contribution in [1.29, 1.82) is 0 Å². The predicted molar refractivity (Wildman–Crippen MR) is 108 cm³/mol. The maximum absolute atomic E-state index is 13.4. The summed E-state index contributed by atoms with van der Waals surface area (Å²) in [6, 6.07) is 9.98. The molecule has 1 aliphatic rings. The Kier molecular flexibility index (Phi) is 6.93. The number of hydrogen-bond acceptors (Lipinski definition) is 3. The highest BCUT2D eigenvalue weighted by Gasteiger charge is 2.35. The Morgan fingerprint density at radius 3 is 2.53 bits per heavy atom. The van der Waals surface area contributed by atoms with E-state index in [1.54, 1.807) is 18.2 Å². The minimum Gasteiger partial charge on any atom is -0.494 e. The van der Waals surface area contributed by atoms with Crippen LogP contribution in [0.5, 0.6) is 5.75 Å². The first kappa shape index (κ1) is 22.4. The van der Waals surface area contributed by atoms with Crippen LogP contribution in [0.2, 0.25) is 5.02 Å². The van der Waals surface area contributed by atoms with Crippen molar-refractivity contribution in [3.05, 3.63) is 64.2 Å². The van der Waals surface area contributed by atoms with Crippen molar-refractivity contribution in [2.75, 3.05) is 19.7 Å². The number of alkyl halides is 3. The molecule has 0 amide bonds. The lowest BCUT2D eigenvalue weighted by Crippen LogP contribution is -2.39. The number of ether oxygens (including phenoxy) is 1. The van der Waals surface area contributed by atoms with Gasteiger partial charge >= 0.3 is 12.1 Å². The molecule has 3 rings (SSSR count). The standard InChI is InChI=1S/C22H23ClF3NO3/c1-2-30-17-5-3-4-15(12-17)20(27-10-8-14(9-11-27)21(28)29)18-13-16(22(24,25)26)6-7-19(18)23/h3-7,12-14,20H,2,8-11H2,1H3,(H,28,29). The molecule has 162 valence electrons. The highest BCUT2D eigenvalue weighted by Crippen LogP contribution is 2.40. The van der Waals surface area contributed by atoms with Crippen molar-refractivity contribution in [2.45, 2.75) is 32.0 Å². The summed E-state index contributed by atoms with van der Waals surface area (Å²) in [5.74, 6) is -0.682. The second-order valence-corrected chi connectivity index (χ2v) is 7.70. The van der Waals surface area contributed by atoms with Crippen molar-refractivity contribution < 1.29 is 27.8 Å². The summed E-state index contributed by atoms with van der Waals surface area (Å²) in [5.41, 5.74) is 0.318. The Morgan fingerprint density at radius 2 is 1.93 bits per heavy atom. The summed E-state index contributed by atoms with van der Waals surface area (Å²) in [5, 5.41) is 9.51. The number of likely N-dealkylation sites (tertiary alicyclic amines) is 1. The van der Waals surface area contributed by atoms with E-state index in [2.05, 4.69) is 0 Å². The first-order valence-electron chi connectivity index (χ1n) is 9.77.